The zero-order valence-electron chi connectivity index (χ0n) is 26.1. The van der Waals surface area contributed by atoms with E-state index < -0.39 is 0 Å². The topological polar surface area (TPSA) is 0 Å². The third kappa shape index (κ3) is 4.34. The average molecular weight is 559 g/mol. The van der Waals surface area contributed by atoms with Gasteiger partial charge in [-0.1, -0.05) is 131 Å². The largest absolute Gasteiger partial charge is 0.0841 e. The Morgan fingerprint density at radius 2 is 1.19 bits per heavy atom. The Hall–Kier alpha value is -4.16. The summed E-state index contributed by atoms with van der Waals surface area (Å²) < 4.78 is 0. The first-order chi connectivity index (χ1) is 21.2. The Bertz CT molecular complexity index is 2010. The van der Waals surface area contributed by atoms with Crippen molar-refractivity contribution in [3.8, 4) is 22.3 Å². The summed E-state index contributed by atoms with van der Waals surface area (Å²) in [5.74, 6) is 0. The summed E-state index contributed by atoms with van der Waals surface area (Å²) in [5.41, 5.74) is 11.6. The summed E-state index contributed by atoms with van der Waals surface area (Å²) in [5, 5.41) is 7.99. The van der Waals surface area contributed by atoms with Crippen molar-refractivity contribution in [1.29, 1.82) is 0 Å². The van der Waals surface area contributed by atoms with E-state index in [9.17, 15) is 0 Å². The molecule has 2 aliphatic rings. The van der Waals surface area contributed by atoms with E-state index in [1.165, 1.54) is 104 Å². The summed E-state index contributed by atoms with van der Waals surface area (Å²) >= 11 is 0. The predicted octanol–water partition coefficient (Wildman–Crippen LogP) is 12.9. The van der Waals surface area contributed by atoms with E-state index in [4.69, 9.17) is 0 Å². The van der Waals surface area contributed by atoms with Crippen molar-refractivity contribution in [1.82, 2.24) is 0 Å². The van der Waals surface area contributed by atoms with Gasteiger partial charge in [0.1, 0.15) is 0 Å². The van der Waals surface area contributed by atoms with Gasteiger partial charge in [0.05, 0.1) is 0 Å². The molecule has 0 aromatic heterocycles. The van der Waals surface area contributed by atoms with Crippen LogP contribution in [0.25, 0.3) is 60.1 Å². The molecule has 0 saturated heterocycles. The van der Waals surface area contributed by atoms with Gasteiger partial charge in [-0.25, -0.2) is 0 Å². The third-order valence-electron chi connectivity index (χ3n) is 10.3. The number of allylic oxidation sites excluding steroid dienone is 2. The molecule has 0 aliphatic heterocycles. The highest BCUT2D eigenvalue weighted by molar-refractivity contribution is 6.21. The lowest BCUT2D eigenvalue weighted by molar-refractivity contribution is 0.456. The second-order valence-electron chi connectivity index (χ2n) is 12.3. The van der Waals surface area contributed by atoms with Crippen molar-refractivity contribution in [2.45, 2.75) is 71.6 Å². The van der Waals surface area contributed by atoms with Crippen LogP contribution < -0.4 is 0 Å². The first-order valence-electron chi connectivity index (χ1n) is 16.4. The maximum atomic E-state index is 2.58. The molecule has 1 spiro atoms. The fourth-order valence-corrected chi connectivity index (χ4v) is 8.05. The van der Waals surface area contributed by atoms with Crippen LogP contribution in [0.4, 0.5) is 0 Å². The second kappa shape index (κ2) is 11.2. The highest BCUT2D eigenvalue weighted by Gasteiger charge is 2.43. The van der Waals surface area contributed by atoms with Crippen molar-refractivity contribution in [3.63, 3.8) is 0 Å². The molecule has 0 N–H and O–H groups in total. The van der Waals surface area contributed by atoms with Gasteiger partial charge < -0.3 is 0 Å². The lowest BCUT2D eigenvalue weighted by atomic mass is 9.71. The van der Waals surface area contributed by atoms with Crippen LogP contribution in [0, 0.1) is 0 Å². The van der Waals surface area contributed by atoms with Gasteiger partial charge in [-0.3, -0.25) is 0 Å². The number of benzene rings is 6. The van der Waals surface area contributed by atoms with Crippen LogP contribution in [0.1, 0.15) is 82.9 Å². The van der Waals surface area contributed by atoms with Crippen molar-refractivity contribution in [3.05, 3.63) is 126 Å². The zero-order valence-corrected chi connectivity index (χ0v) is 26.1. The van der Waals surface area contributed by atoms with Crippen molar-refractivity contribution in [2.75, 3.05) is 0 Å². The van der Waals surface area contributed by atoms with Crippen molar-refractivity contribution in [2.24, 2.45) is 0 Å². The minimum Gasteiger partial charge on any atom is -0.0841 e. The quantitative estimate of drug-likeness (QED) is 0.185. The van der Waals surface area contributed by atoms with Gasteiger partial charge in [0.15, 0.2) is 0 Å². The first-order valence-corrected chi connectivity index (χ1v) is 16.4. The van der Waals surface area contributed by atoms with Gasteiger partial charge in [-0.15, -0.1) is 0 Å². The number of rotatable bonds is 2. The van der Waals surface area contributed by atoms with Gasteiger partial charge in [-0.05, 0) is 122 Å². The average Bonchev–Trinajstić information content (AvgIpc) is 3.19. The molecular formula is C43H42. The molecule has 6 aromatic rings. The van der Waals surface area contributed by atoms with E-state index in [-0.39, 0.29) is 5.41 Å². The molecule has 8 rings (SSSR count). The summed E-state index contributed by atoms with van der Waals surface area (Å²) in [6, 6.07) is 39.6. The van der Waals surface area contributed by atoms with E-state index in [0.717, 1.165) is 0 Å². The van der Waals surface area contributed by atoms with Crippen LogP contribution >= 0.6 is 0 Å². The van der Waals surface area contributed by atoms with Crippen LogP contribution in [0.2, 0.25) is 0 Å². The lowest BCUT2D eigenvalue weighted by Gasteiger charge is -2.31. The SMILES string of the molecule is C/C=C(\C)c1ccc2c(c1)C1(CCCCCC1)c1cc(-c3cc4c5ccccc5ccc4c4ccccc34)ccc1-2.CC. The van der Waals surface area contributed by atoms with E-state index >= 15 is 0 Å². The first kappa shape index (κ1) is 27.7. The molecule has 0 radical (unpaired) electrons. The molecule has 0 amide bonds. The molecule has 0 unspecified atom stereocenters. The van der Waals surface area contributed by atoms with Crippen LogP contribution in [0.15, 0.2) is 109 Å². The molecule has 0 heteroatoms. The minimum absolute atomic E-state index is 0.112. The molecule has 6 aromatic carbocycles. The molecule has 1 saturated carbocycles. The maximum absolute atomic E-state index is 2.58. The molecule has 0 heterocycles. The van der Waals surface area contributed by atoms with Gasteiger partial charge in [0, 0.05) is 5.41 Å². The molecule has 0 atom stereocenters. The molecule has 43 heavy (non-hydrogen) atoms. The molecular weight excluding hydrogens is 516 g/mol. The highest BCUT2D eigenvalue weighted by Crippen LogP contribution is 2.56. The van der Waals surface area contributed by atoms with Gasteiger partial charge in [0.25, 0.3) is 0 Å². The van der Waals surface area contributed by atoms with Crippen LogP contribution in [-0.4, -0.2) is 0 Å². The minimum atomic E-state index is 0.112. The van der Waals surface area contributed by atoms with Crippen LogP contribution in [0.3, 0.4) is 0 Å². The Labute approximate surface area is 257 Å². The lowest BCUT2D eigenvalue weighted by Crippen LogP contribution is -2.24. The molecule has 0 bridgehead atoms. The van der Waals surface area contributed by atoms with Gasteiger partial charge in [0.2, 0.25) is 0 Å². The fraction of sp³-hybridized carbons (Fsp3) is 0.256. The van der Waals surface area contributed by atoms with Crippen LogP contribution in [0.5, 0.6) is 0 Å². The Morgan fingerprint density at radius 3 is 1.93 bits per heavy atom. The summed E-state index contributed by atoms with van der Waals surface area (Å²) in [7, 11) is 0. The van der Waals surface area contributed by atoms with Crippen molar-refractivity contribution < 1.29 is 0 Å². The van der Waals surface area contributed by atoms with E-state index in [2.05, 4.69) is 123 Å². The van der Waals surface area contributed by atoms with Crippen LogP contribution in [-0.2, 0) is 5.41 Å². The Balaban J connectivity index is 0.00000147. The number of hydrogen-bond acceptors (Lipinski definition) is 0. The normalized spacial score (nSPS) is 15.7. The summed E-state index contributed by atoms with van der Waals surface area (Å²) in [6.45, 7) is 8.40. The number of fused-ring (bicyclic) bond motifs is 10. The third-order valence-corrected chi connectivity index (χ3v) is 10.3. The standard InChI is InChI=1S/C41H36.C2H6/c1-3-27(2)29-17-20-35-36-21-18-30(25-40(36)41(39(35)24-29)22-10-4-5-11-23-41)37-26-38-31-13-7-6-12-28(31)16-19-34(38)32-14-8-9-15-33(32)37;1-2/h3,6-9,12-21,24-26H,4-5,10-11,22-23H2,1-2H3;1-2H3/b27-3+;. The monoisotopic (exact) mass is 558 g/mol. The molecule has 0 nitrogen and oxygen atoms in total. The van der Waals surface area contributed by atoms with E-state index in [1.807, 2.05) is 13.8 Å². The highest BCUT2D eigenvalue weighted by atomic mass is 14.5. The zero-order chi connectivity index (χ0) is 29.6. The maximum Gasteiger partial charge on any atom is 0.0215 e. The summed E-state index contributed by atoms with van der Waals surface area (Å²) in [4.78, 5) is 0. The molecule has 2 aliphatic carbocycles. The molecule has 214 valence electrons. The number of hydrogen-bond donors (Lipinski definition) is 0. The smallest absolute Gasteiger partial charge is 0.0215 e. The van der Waals surface area contributed by atoms with Gasteiger partial charge >= 0.3 is 0 Å². The van der Waals surface area contributed by atoms with E-state index in [0.29, 0.717) is 0 Å². The van der Waals surface area contributed by atoms with E-state index in [1.54, 1.807) is 11.1 Å². The van der Waals surface area contributed by atoms with Gasteiger partial charge in [-0.2, -0.15) is 0 Å². The fourth-order valence-electron chi connectivity index (χ4n) is 8.05. The predicted molar refractivity (Wildman–Crippen MR) is 189 cm³/mol. The Morgan fingerprint density at radius 1 is 0.558 bits per heavy atom. The Kier molecular flexibility index (Phi) is 7.18. The second-order valence-corrected chi connectivity index (χ2v) is 12.3. The summed E-state index contributed by atoms with van der Waals surface area (Å²) in [6.07, 6.45) is 10.1. The van der Waals surface area contributed by atoms with Crippen molar-refractivity contribution >= 4 is 37.9 Å². The molecule has 1 fully saturated rings.